The quantitative estimate of drug-likeness (QED) is 0.828. The second-order valence-corrected chi connectivity index (χ2v) is 5.47. The van der Waals surface area contributed by atoms with E-state index >= 15 is 0 Å². The average Bonchev–Trinajstić information content (AvgIpc) is 2.49. The summed E-state index contributed by atoms with van der Waals surface area (Å²) in [6, 6.07) is 13.9. The first-order valence-electron chi connectivity index (χ1n) is 6.74. The minimum absolute atomic E-state index is 0.135. The van der Waals surface area contributed by atoms with Gasteiger partial charge in [0.2, 0.25) is 0 Å². The summed E-state index contributed by atoms with van der Waals surface area (Å²) in [5.74, 6) is 0.449. The Labute approximate surface area is 123 Å². The highest BCUT2D eigenvalue weighted by molar-refractivity contribution is 6.32. The third kappa shape index (κ3) is 2.20. The molecule has 0 aliphatic heterocycles. The molecule has 20 heavy (non-hydrogen) atoms. The van der Waals surface area contributed by atoms with E-state index in [4.69, 9.17) is 11.6 Å². The Morgan fingerprint density at radius 1 is 1.20 bits per heavy atom. The van der Waals surface area contributed by atoms with Gasteiger partial charge in [0.05, 0.1) is 5.02 Å². The summed E-state index contributed by atoms with van der Waals surface area (Å²) in [5, 5.41) is 9.98. The molecule has 0 bridgehead atoms. The van der Waals surface area contributed by atoms with Crippen molar-refractivity contribution in [1.29, 1.82) is 0 Å². The Balaban J connectivity index is 2.09. The van der Waals surface area contributed by atoms with Gasteiger partial charge < -0.3 is 5.11 Å². The van der Waals surface area contributed by atoms with Crippen LogP contribution >= 0.6 is 11.6 Å². The molecule has 0 aromatic heterocycles. The monoisotopic (exact) mass is 285 g/mol. The molecule has 1 aliphatic carbocycles. The van der Waals surface area contributed by atoms with Gasteiger partial charge in [-0.3, -0.25) is 4.99 Å². The molecule has 2 aromatic carbocycles. The van der Waals surface area contributed by atoms with Gasteiger partial charge in [0.1, 0.15) is 5.75 Å². The van der Waals surface area contributed by atoms with Crippen LogP contribution in [0.5, 0.6) is 5.75 Å². The van der Waals surface area contributed by atoms with Crippen molar-refractivity contribution in [3.05, 3.63) is 64.2 Å². The number of phenolic OH excluding ortho intramolecular Hbond substituents is 1. The predicted molar refractivity (Wildman–Crippen MR) is 83.1 cm³/mol. The van der Waals surface area contributed by atoms with Crippen molar-refractivity contribution in [1.82, 2.24) is 0 Å². The fourth-order valence-electron chi connectivity index (χ4n) is 2.95. The van der Waals surface area contributed by atoms with Gasteiger partial charge in [-0.05, 0) is 41.7 Å². The summed E-state index contributed by atoms with van der Waals surface area (Å²) in [6.45, 7) is 0. The molecular formula is C17H16ClNO. The molecule has 3 rings (SSSR count). The van der Waals surface area contributed by atoms with Crippen LogP contribution in [0, 0.1) is 0 Å². The van der Waals surface area contributed by atoms with Gasteiger partial charge in [-0.2, -0.15) is 0 Å². The van der Waals surface area contributed by atoms with Crippen molar-refractivity contribution in [3.63, 3.8) is 0 Å². The molecule has 0 spiro atoms. The maximum atomic E-state index is 9.57. The molecule has 0 saturated heterocycles. The summed E-state index contributed by atoms with van der Waals surface area (Å²) in [4.78, 5) is 4.40. The lowest BCUT2D eigenvalue weighted by atomic mass is 9.78. The van der Waals surface area contributed by atoms with Crippen LogP contribution in [0.2, 0.25) is 5.02 Å². The maximum absolute atomic E-state index is 9.57. The highest BCUT2D eigenvalue weighted by Gasteiger charge is 2.25. The van der Waals surface area contributed by atoms with Crippen molar-refractivity contribution >= 4 is 17.3 Å². The smallest absolute Gasteiger partial charge is 0.134 e. The Bertz CT molecular complexity index is 678. The number of benzene rings is 2. The molecule has 0 heterocycles. The SMILES string of the molecule is CN=C1CCC(c2ccc(O)c(Cl)c2)c2ccccc21. The van der Waals surface area contributed by atoms with Gasteiger partial charge in [0.15, 0.2) is 0 Å². The summed E-state index contributed by atoms with van der Waals surface area (Å²) in [6.07, 6.45) is 1.99. The first-order valence-corrected chi connectivity index (χ1v) is 7.12. The fourth-order valence-corrected chi connectivity index (χ4v) is 3.14. The molecular weight excluding hydrogens is 270 g/mol. The van der Waals surface area contributed by atoms with E-state index in [-0.39, 0.29) is 5.75 Å². The Morgan fingerprint density at radius 2 is 2.00 bits per heavy atom. The second kappa shape index (κ2) is 5.29. The minimum Gasteiger partial charge on any atom is -0.506 e. The molecule has 102 valence electrons. The first-order chi connectivity index (χ1) is 9.70. The van der Waals surface area contributed by atoms with Crippen LogP contribution in [0.25, 0.3) is 0 Å². The molecule has 1 atom stereocenters. The highest BCUT2D eigenvalue weighted by Crippen LogP contribution is 2.38. The largest absolute Gasteiger partial charge is 0.506 e. The number of halogens is 1. The third-order valence-electron chi connectivity index (χ3n) is 3.96. The minimum atomic E-state index is 0.135. The van der Waals surface area contributed by atoms with Crippen molar-refractivity contribution in [2.75, 3.05) is 7.05 Å². The van der Waals surface area contributed by atoms with Crippen LogP contribution in [0.4, 0.5) is 0 Å². The fraction of sp³-hybridized carbons (Fsp3) is 0.235. The number of aliphatic imine (C=N–C) groups is 1. The number of rotatable bonds is 1. The number of hydrogen-bond acceptors (Lipinski definition) is 2. The number of phenols is 1. The van der Waals surface area contributed by atoms with E-state index in [1.807, 2.05) is 19.2 Å². The predicted octanol–water partition coefficient (Wildman–Crippen LogP) is 4.39. The summed E-state index contributed by atoms with van der Waals surface area (Å²) in [5.41, 5.74) is 4.84. The molecule has 1 unspecified atom stereocenters. The summed E-state index contributed by atoms with van der Waals surface area (Å²) >= 11 is 6.04. The molecule has 0 fully saturated rings. The summed E-state index contributed by atoms with van der Waals surface area (Å²) < 4.78 is 0. The lowest BCUT2D eigenvalue weighted by molar-refractivity contribution is 0.475. The van der Waals surface area contributed by atoms with Crippen LogP contribution in [-0.2, 0) is 0 Å². The van der Waals surface area contributed by atoms with Gasteiger partial charge >= 0.3 is 0 Å². The standard InChI is InChI=1S/C17H16ClNO/c1-19-16-8-7-12(13-4-2-3-5-14(13)16)11-6-9-17(20)15(18)10-11/h2-6,9-10,12,20H,7-8H2,1H3. The zero-order valence-corrected chi connectivity index (χ0v) is 12.1. The van der Waals surface area contributed by atoms with Crippen molar-refractivity contribution < 1.29 is 5.11 Å². The van der Waals surface area contributed by atoms with Gasteiger partial charge in [0.25, 0.3) is 0 Å². The molecule has 0 saturated carbocycles. The normalized spacial score (nSPS) is 19.9. The van der Waals surface area contributed by atoms with Crippen molar-refractivity contribution in [2.45, 2.75) is 18.8 Å². The van der Waals surface area contributed by atoms with E-state index in [9.17, 15) is 5.11 Å². The molecule has 2 nitrogen and oxygen atoms in total. The van der Waals surface area contributed by atoms with Gasteiger partial charge in [-0.25, -0.2) is 0 Å². The van der Waals surface area contributed by atoms with E-state index in [1.165, 1.54) is 16.8 Å². The maximum Gasteiger partial charge on any atom is 0.134 e. The van der Waals surface area contributed by atoms with Gasteiger partial charge in [0, 0.05) is 18.7 Å². The molecule has 3 heteroatoms. The lowest BCUT2D eigenvalue weighted by Crippen LogP contribution is -2.17. The molecule has 1 aliphatic rings. The van der Waals surface area contributed by atoms with Crippen LogP contribution in [-0.4, -0.2) is 17.9 Å². The van der Waals surface area contributed by atoms with Gasteiger partial charge in [-0.15, -0.1) is 0 Å². The zero-order valence-electron chi connectivity index (χ0n) is 11.3. The Kier molecular flexibility index (Phi) is 3.49. The van der Waals surface area contributed by atoms with E-state index in [2.05, 4.69) is 29.3 Å². The molecule has 1 N–H and O–H groups in total. The zero-order chi connectivity index (χ0) is 14.1. The van der Waals surface area contributed by atoms with Gasteiger partial charge in [-0.1, -0.05) is 41.9 Å². The first kappa shape index (κ1) is 13.2. The average molecular weight is 286 g/mol. The van der Waals surface area contributed by atoms with Crippen molar-refractivity contribution in [2.24, 2.45) is 4.99 Å². The Hall–Kier alpha value is -1.80. The Morgan fingerprint density at radius 3 is 2.75 bits per heavy atom. The number of hydrogen-bond donors (Lipinski definition) is 1. The van der Waals surface area contributed by atoms with Crippen molar-refractivity contribution in [3.8, 4) is 5.75 Å². The topological polar surface area (TPSA) is 32.6 Å². The number of fused-ring (bicyclic) bond motifs is 1. The van der Waals surface area contributed by atoms with Crippen LogP contribution in [0.3, 0.4) is 0 Å². The molecule has 2 aromatic rings. The third-order valence-corrected chi connectivity index (χ3v) is 4.26. The highest BCUT2D eigenvalue weighted by atomic mass is 35.5. The van der Waals surface area contributed by atoms with Crippen LogP contribution in [0.1, 0.15) is 35.4 Å². The number of aromatic hydroxyl groups is 1. The molecule has 0 amide bonds. The van der Waals surface area contributed by atoms with E-state index in [0.717, 1.165) is 18.4 Å². The van der Waals surface area contributed by atoms with E-state index in [0.29, 0.717) is 10.9 Å². The van der Waals surface area contributed by atoms with E-state index < -0.39 is 0 Å². The lowest BCUT2D eigenvalue weighted by Gasteiger charge is -2.27. The van der Waals surface area contributed by atoms with Crippen LogP contribution < -0.4 is 0 Å². The molecule has 0 radical (unpaired) electrons. The van der Waals surface area contributed by atoms with Crippen LogP contribution in [0.15, 0.2) is 47.5 Å². The van der Waals surface area contributed by atoms with E-state index in [1.54, 1.807) is 6.07 Å². The summed E-state index contributed by atoms with van der Waals surface area (Å²) in [7, 11) is 1.85. The number of nitrogens with zero attached hydrogens (tertiary/aromatic N) is 1. The second-order valence-electron chi connectivity index (χ2n) is 5.06.